The van der Waals surface area contributed by atoms with Crippen LogP contribution < -0.4 is 5.14 Å². The van der Waals surface area contributed by atoms with E-state index in [1.54, 1.807) is 24.1 Å². The molecule has 10 nitrogen and oxygen atoms in total. The summed E-state index contributed by atoms with van der Waals surface area (Å²) in [5.41, 5.74) is 3.64. The summed E-state index contributed by atoms with van der Waals surface area (Å²) in [5.74, 6) is -1.55. The van der Waals surface area contributed by atoms with Crippen LogP contribution in [0, 0.1) is 6.92 Å². The van der Waals surface area contributed by atoms with Crippen molar-refractivity contribution in [2.45, 2.75) is 37.2 Å². The maximum absolute atomic E-state index is 12.5. The highest BCUT2D eigenvalue weighted by atomic mass is 32.2. The number of nitrogens with two attached hydrogens (primary N) is 1. The van der Waals surface area contributed by atoms with Gasteiger partial charge in [0.15, 0.2) is 0 Å². The van der Waals surface area contributed by atoms with Crippen molar-refractivity contribution in [2.24, 2.45) is 5.14 Å². The number of amides is 1. The van der Waals surface area contributed by atoms with Crippen LogP contribution in [0.5, 0.6) is 5.75 Å². The molecule has 39 heavy (non-hydrogen) atoms. The Morgan fingerprint density at radius 3 is 2.51 bits per heavy atom. The summed E-state index contributed by atoms with van der Waals surface area (Å²) in [6.07, 6.45) is 0.393. The van der Waals surface area contributed by atoms with Crippen molar-refractivity contribution in [1.82, 2.24) is 10.0 Å². The van der Waals surface area contributed by atoms with Crippen LogP contribution in [0.2, 0.25) is 0 Å². The van der Waals surface area contributed by atoms with E-state index in [0.29, 0.717) is 50.0 Å². The Labute approximate surface area is 226 Å². The second-order valence-electron chi connectivity index (χ2n) is 9.58. The Balaban J connectivity index is 1.39. The number of phenols is 1. The number of aliphatic hydroxyl groups is 1. The lowest BCUT2D eigenvalue weighted by molar-refractivity contribution is -0.138. The number of carboxylic acid groups (broad SMARTS) is 1. The van der Waals surface area contributed by atoms with E-state index in [1.165, 1.54) is 24.3 Å². The van der Waals surface area contributed by atoms with E-state index in [0.717, 1.165) is 16.7 Å². The predicted molar refractivity (Wildman–Crippen MR) is 144 cm³/mol. The number of carbonyl (C=O) groups is 2. The van der Waals surface area contributed by atoms with Gasteiger partial charge in [0.05, 0.1) is 11.0 Å². The number of rotatable bonds is 10. The molecule has 11 heteroatoms. The molecular weight excluding hydrogens is 522 g/mol. The van der Waals surface area contributed by atoms with E-state index in [-0.39, 0.29) is 22.1 Å². The largest absolute Gasteiger partial charge is 0.507 e. The third-order valence-corrected chi connectivity index (χ3v) is 7.80. The van der Waals surface area contributed by atoms with Gasteiger partial charge in [0.2, 0.25) is 15.9 Å². The number of aliphatic hydroxyl groups excluding tert-OH is 1. The van der Waals surface area contributed by atoms with Gasteiger partial charge < -0.3 is 15.3 Å². The van der Waals surface area contributed by atoms with Crippen molar-refractivity contribution < 1.29 is 33.3 Å². The summed E-state index contributed by atoms with van der Waals surface area (Å²) in [6, 6.07) is 16.4. The average Bonchev–Trinajstić information content (AvgIpc) is 3.24. The van der Waals surface area contributed by atoms with Gasteiger partial charge in [-0.05, 0) is 77.9 Å². The molecule has 5 N–H and O–H groups in total. The lowest BCUT2D eigenvalue weighted by atomic mass is 9.96. The van der Waals surface area contributed by atoms with Crippen molar-refractivity contribution >= 4 is 21.9 Å². The number of hydrazine groups is 1. The molecule has 0 bridgehead atoms. The summed E-state index contributed by atoms with van der Waals surface area (Å²) >= 11 is 0. The van der Waals surface area contributed by atoms with Crippen LogP contribution in [0.15, 0.2) is 65.6 Å². The number of carbonyl (C=O) groups excluding carboxylic acids is 1. The van der Waals surface area contributed by atoms with Crippen molar-refractivity contribution in [3.8, 4) is 16.9 Å². The average molecular weight is 554 g/mol. The highest BCUT2D eigenvalue weighted by Crippen LogP contribution is 2.29. The molecule has 0 aliphatic carbocycles. The minimum atomic E-state index is -3.80. The normalized spacial score (nSPS) is 15.1. The minimum Gasteiger partial charge on any atom is -0.507 e. The van der Waals surface area contributed by atoms with Crippen molar-refractivity contribution in [3.63, 3.8) is 0 Å². The third kappa shape index (κ3) is 6.63. The van der Waals surface area contributed by atoms with Gasteiger partial charge >= 0.3 is 5.97 Å². The fourth-order valence-electron chi connectivity index (χ4n) is 4.77. The van der Waals surface area contributed by atoms with Crippen LogP contribution in [-0.4, -0.2) is 65.3 Å². The van der Waals surface area contributed by atoms with Gasteiger partial charge in [-0.3, -0.25) is 9.80 Å². The Morgan fingerprint density at radius 2 is 1.85 bits per heavy atom. The van der Waals surface area contributed by atoms with Crippen LogP contribution in [0.3, 0.4) is 0 Å². The predicted octanol–water partition coefficient (Wildman–Crippen LogP) is 2.83. The molecule has 1 fully saturated rings. The van der Waals surface area contributed by atoms with E-state index in [9.17, 15) is 28.2 Å². The first-order chi connectivity index (χ1) is 18.4. The molecule has 1 aliphatic rings. The number of carboxylic acids is 1. The summed E-state index contributed by atoms with van der Waals surface area (Å²) < 4.78 is 23.3. The first kappa shape index (κ1) is 28.2. The zero-order valence-corrected chi connectivity index (χ0v) is 22.3. The number of benzene rings is 3. The number of aryl methyl sites for hydroxylation is 1. The van der Waals surface area contributed by atoms with Gasteiger partial charge in [-0.25, -0.2) is 23.4 Å². The molecule has 0 saturated carbocycles. The lowest BCUT2D eigenvalue weighted by Gasteiger charge is -2.29. The van der Waals surface area contributed by atoms with Crippen molar-refractivity contribution in [2.75, 3.05) is 19.6 Å². The standard InChI is InChI=1S/C28H31N3O7S/c1-18-15-22(39(29,37)38)6-8-23(18)20-3-2-4-21(17-20)25(32)10-12-30-13-11-27(34)31(30)14-9-19-5-7-24(28(35)36)26(33)16-19/h2-8,15-17,25,32-33H,9-14H2,1H3,(H,35,36)(H2,29,37,38). The number of aromatic hydroxyl groups is 1. The number of hydrogen-bond donors (Lipinski definition) is 4. The smallest absolute Gasteiger partial charge is 0.339 e. The van der Waals surface area contributed by atoms with Crippen LogP contribution in [0.1, 0.15) is 46.0 Å². The molecular formula is C28H31N3O7S. The lowest BCUT2D eigenvalue weighted by Crippen LogP contribution is -2.41. The molecule has 1 atom stereocenters. The SMILES string of the molecule is Cc1cc(S(N)(=O)=O)ccc1-c1cccc(C(O)CCN2CCC(=O)N2CCc2ccc(C(=O)O)c(O)c2)c1. The van der Waals surface area contributed by atoms with Crippen LogP contribution in [0.25, 0.3) is 11.1 Å². The molecule has 0 aromatic heterocycles. The molecule has 206 valence electrons. The van der Waals surface area contributed by atoms with Crippen LogP contribution in [-0.2, 0) is 21.2 Å². The van der Waals surface area contributed by atoms with E-state index >= 15 is 0 Å². The van der Waals surface area contributed by atoms with E-state index < -0.39 is 22.1 Å². The molecule has 1 saturated heterocycles. The fourth-order valence-corrected chi connectivity index (χ4v) is 5.37. The van der Waals surface area contributed by atoms with Gasteiger partial charge in [0.1, 0.15) is 11.3 Å². The zero-order valence-electron chi connectivity index (χ0n) is 21.4. The summed E-state index contributed by atoms with van der Waals surface area (Å²) in [6.45, 7) is 3.14. The highest BCUT2D eigenvalue weighted by Gasteiger charge is 2.29. The Hall–Kier alpha value is -3.77. The number of nitrogens with zero attached hydrogens (tertiary/aromatic N) is 2. The number of aromatic carboxylic acids is 1. The van der Waals surface area contributed by atoms with E-state index in [4.69, 9.17) is 10.2 Å². The maximum Gasteiger partial charge on any atom is 0.339 e. The fraction of sp³-hybridized carbons (Fsp3) is 0.286. The Morgan fingerprint density at radius 1 is 1.08 bits per heavy atom. The van der Waals surface area contributed by atoms with Gasteiger partial charge in [0, 0.05) is 26.1 Å². The summed E-state index contributed by atoms with van der Waals surface area (Å²) in [4.78, 5) is 23.6. The quantitative estimate of drug-likeness (QED) is 0.298. The second-order valence-corrected chi connectivity index (χ2v) is 11.1. The van der Waals surface area contributed by atoms with Crippen LogP contribution >= 0.6 is 0 Å². The topological polar surface area (TPSA) is 161 Å². The highest BCUT2D eigenvalue weighted by molar-refractivity contribution is 7.89. The molecule has 1 unspecified atom stereocenters. The van der Waals surface area contributed by atoms with Gasteiger partial charge in [-0.15, -0.1) is 0 Å². The third-order valence-electron chi connectivity index (χ3n) is 6.89. The molecule has 3 aromatic rings. The van der Waals surface area contributed by atoms with Crippen molar-refractivity contribution in [1.29, 1.82) is 0 Å². The number of primary sulfonamides is 1. The molecule has 1 aliphatic heterocycles. The number of hydrogen-bond acceptors (Lipinski definition) is 7. The maximum atomic E-state index is 12.5. The molecule has 1 heterocycles. The summed E-state index contributed by atoms with van der Waals surface area (Å²) in [7, 11) is -3.80. The summed E-state index contributed by atoms with van der Waals surface area (Å²) in [5, 5.41) is 38.7. The Kier molecular flexibility index (Phi) is 8.36. The molecule has 0 radical (unpaired) electrons. The van der Waals surface area contributed by atoms with Gasteiger partial charge in [-0.2, -0.15) is 0 Å². The second kappa shape index (κ2) is 11.5. The van der Waals surface area contributed by atoms with Crippen LogP contribution in [0.4, 0.5) is 0 Å². The monoisotopic (exact) mass is 553 g/mol. The van der Waals surface area contributed by atoms with Gasteiger partial charge in [-0.1, -0.05) is 30.3 Å². The zero-order chi connectivity index (χ0) is 28.3. The van der Waals surface area contributed by atoms with E-state index in [1.807, 2.05) is 29.3 Å². The molecule has 3 aromatic carbocycles. The minimum absolute atomic E-state index is 0.0312. The molecule has 4 rings (SSSR count). The molecule has 0 spiro atoms. The molecule has 1 amide bonds. The first-order valence-electron chi connectivity index (χ1n) is 12.5. The first-order valence-corrected chi connectivity index (χ1v) is 14.0. The van der Waals surface area contributed by atoms with Gasteiger partial charge in [0.25, 0.3) is 0 Å². The number of sulfonamides is 1. The van der Waals surface area contributed by atoms with Crippen molar-refractivity contribution in [3.05, 3.63) is 82.9 Å². The van der Waals surface area contributed by atoms with E-state index in [2.05, 4.69) is 0 Å². The Bertz CT molecular complexity index is 1510.